The zero-order valence-electron chi connectivity index (χ0n) is 13.4. The van der Waals surface area contributed by atoms with Crippen LogP contribution in [-0.2, 0) is 9.59 Å². The molecule has 0 spiro atoms. The Morgan fingerprint density at radius 2 is 1.64 bits per heavy atom. The van der Waals surface area contributed by atoms with Gasteiger partial charge in [0.1, 0.15) is 5.82 Å². The maximum atomic E-state index is 13.5. The number of anilines is 2. The predicted molar refractivity (Wildman–Crippen MR) is 96.7 cm³/mol. The van der Waals surface area contributed by atoms with Crippen LogP contribution in [0.15, 0.2) is 42.5 Å². The van der Waals surface area contributed by atoms with Gasteiger partial charge in [0.05, 0.1) is 22.8 Å². The number of likely N-dealkylation sites (N-methyl/N-ethyl adjacent to an activating group) is 1. The fraction of sp³-hybridized carbons (Fsp3) is 0.176. The molecule has 0 aliphatic heterocycles. The van der Waals surface area contributed by atoms with Gasteiger partial charge < -0.3 is 15.5 Å². The molecule has 0 saturated heterocycles. The summed E-state index contributed by atoms with van der Waals surface area (Å²) < 4.78 is 13.5. The number of carbonyl (C=O) groups excluding carboxylic acids is 2. The van der Waals surface area contributed by atoms with E-state index in [4.69, 9.17) is 23.2 Å². The number of quaternary nitrogens is 1. The first-order valence-electron chi connectivity index (χ1n) is 7.45. The minimum atomic E-state index is -0.508. The molecular formula is C17H17Cl2FN3O2+. The van der Waals surface area contributed by atoms with Crippen molar-refractivity contribution in [2.24, 2.45) is 0 Å². The van der Waals surface area contributed by atoms with Gasteiger partial charge in [0.25, 0.3) is 11.8 Å². The van der Waals surface area contributed by atoms with Gasteiger partial charge in [-0.2, -0.15) is 0 Å². The molecule has 8 heteroatoms. The van der Waals surface area contributed by atoms with E-state index in [2.05, 4.69) is 10.6 Å². The Kier molecular flexibility index (Phi) is 6.75. The van der Waals surface area contributed by atoms with Crippen molar-refractivity contribution in [2.75, 3.05) is 30.8 Å². The van der Waals surface area contributed by atoms with Crippen LogP contribution in [0.2, 0.25) is 10.0 Å². The summed E-state index contributed by atoms with van der Waals surface area (Å²) in [6, 6.07) is 10.7. The number of hydrogen-bond donors (Lipinski definition) is 3. The Hall–Kier alpha value is -2.15. The molecule has 3 N–H and O–H groups in total. The molecule has 0 bridgehead atoms. The van der Waals surface area contributed by atoms with Crippen LogP contribution in [0.5, 0.6) is 0 Å². The first-order valence-corrected chi connectivity index (χ1v) is 8.21. The molecule has 132 valence electrons. The maximum Gasteiger partial charge on any atom is 0.279 e. The van der Waals surface area contributed by atoms with Crippen LogP contribution in [0, 0.1) is 5.82 Å². The van der Waals surface area contributed by atoms with Crippen LogP contribution < -0.4 is 15.5 Å². The molecule has 2 aromatic rings. The first-order chi connectivity index (χ1) is 11.8. The average molecular weight is 385 g/mol. The maximum absolute atomic E-state index is 13.5. The lowest BCUT2D eigenvalue weighted by molar-refractivity contribution is -0.862. The number of para-hydroxylation sites is 1. The molecule has 0 radical (unpaired) electrons. The summed E-state index contributed by atoms with van der Waals surface area (Å²) in [4.78, 5) is 24.6. The van der Waals surface area contributed by atoms with Crippen LogP contribution in [0.1, 0.15) is 0 Å². The fourth-order valence-corrected chi connectivity index (χ4v) is 2.44. The van der Waals surface area contributed by atoms with Gasteiger partial charge in [0.2, 0.25) is 0 Å². The second-order valence-electron chi connectivity index (χ2n) is 5.52. The number of halogens is 3. The van der Waals surface area contributed by atoms with Crippen molar-refractivity contribution in [2.45, 2.75) is 0 Å². The summed E-state index contributed by atoms with van der Waals surface area (Å²) >= 11 is 11.7. The molecule has 0 saturated carbocycles. The summed E-state index contributed by atoms with van der Waals surface area (Å²) in [5.74, 6) is -1.18. The highest BCUT2D eigenvalue weighted by molar-refractivity contribution is 6.42. The van der Waals surface area contributed by atoms with Crippen molar-refractivity contribution in [3.63, 3.8) is 0 Å². The van der Waals surface area contributed by atoms with Gasteiger partial charge in [-0.3, -0.25) is 9.59 Å². The molecule has 1 unspecified atom stereocenters. The van der Waals surface area contributed by atoms with Gasteiger partial charge in [-0.25, -0.2) is 4.39 Å². The van der Waals surface area contributed by atoms with E-state index in [-0.39, 0.29) is 30.6 Å². The lowest BCUT2D eigenvalue weighted by Gasteiger charge is -2.14. The molecular weight excluding hydrogens is 368 g/mol. The van der Waals surface area contributed by atoms with Gasteiger partial charge >= 0.3 is 0 Å². The zero-order chi connectivity index (χ0) is 18.4. The van der Waals surface area contributed by atoms with Crippen LogP contribution in [0.25, 0.3) is 0 Å². The third kappa shape index (κ3) is 6.01. The minimum absolute atomic E-state index is 0.0170. The standard InChI is InChI=1S/C17H16Cl2FN3O2/c1-23(10-17(25)22-15-5-3-2-4-14(15)20)9-16(24)21-11-6-7-12(18)13(19)8-11/h2-8H,9-10H2,1H3,(H,21,24)(H,22,25)/p+1. The van der Waals surface area contributed by atoms with E-state index in [0.29, 0.717) is 20.6 Å². The van der Waals surface area contributed by atoms with E-state index < -0.39 is 5.82 Å². The monoisotopic (exact) mass is 384 g/mol. The number of carbonyl (C=O) groups is 2. The molecule has 0 fully saturated rings. The minimum Gasteiger partial charge on any atom is -0.322 e. The molecule has 0 heterocycles. The number of amides is 2. The third-order valence-corrected chi connectivity index (χ3v) is 4.02. The van der Waals surface area contributed by atoms with Gasteiger partial charge in [-0.05, 0) is 30.3 Å². The molecule has 25 heavy (non-hydrogen) atoms. The van der Waals surface area contributed by atoms with E-state index in [1.165, 1.54) is 18.2 Å². The van der Waals surface area contributed by atoms with Gasteiger partial charge in [-0.15, -0.1) is 0 Å². The molecule has 1 atom stereocenters. The lowest BCUT2D eigenvalue weighted by atomic mass is 10.3. The fourth-order valence-electron chi connectivity index (χ4n) is 2.15. The van der Waals surface area contributed by atoms with Gasteiger partial charge in [0, 0.05) is 5.69 Å². The molecule has 0 aromatic heterocycles. The van der Waals surface area contributed by atoms with Crippen molar-refractivity contribution in [1.29, 1.82) is 0 Å². The van der Waals surface area contributed by atoms with Crippen molar-refractivity contribution in [3.05, 3.63) is 58.3 Å². The summed E-state index contributed by atoms with van der Waals surface area (Å²) in [7, 11) is 1.69. The van der Waals surface area contributed by atoms with E-state index in [9.17, 15) is 14.0 Å². The van der Waals surface area contributed by atoms with E-state index >= 15 is 0 Å². The topological polar surface area (TPSA) is 62.6 Å². The molecule has 0 aliphatic rings. The normalized spacial score (nSPS) is 11.7. The molecule has 2 rings (SSSR count). The van der Waals surface area contributed by atoms with Gasteiger partial charge in [0.15, 0.2) is 13.1 Å². The van der Waals surface area contributed by atoms with Crippen molar-refractivity contribution >= 4 is 46.4 Å². The van der Waals surface area contributed by atoms with Crippen molar-refractivity contribution in [3.8, 4) is 0 Å². The van der Waals surface area contributed by atoms with Crippen LogP contribution in [-0.4, -0.2) is 32.0 Å². The number of benzene rings is 2. The Balaban J connectivity index is 1.83. The summed E-state index contributed by atoms with van der Waals surface area (Å²) in [6.07, 6.45) is 0. The van der Waals surface area contributed by atoms with Crippen molar-refractivity contribution < 1.29 is 18.9 Å². The van der Waals surface area contributed by atoms with E-state index in [1.807, 2.05) is 0 Å². The van der Waals surface area contributed by atoms with Crippen LogP contribution in [0.4, 0.5) is 15.8 Å². The SMILES string of the molecule is C[NH+](CC(=O)Nc1ccc(Cl)c(Cl)c1)CC(=O)Nc1ccccc1F. The third-order valence-electron chi connectivity index (χ3n) is 3.28. The van der Waals surface area contributed by atoms with E-state index in [0.717, 1.165) is 0 Å². The molecule has 2 amide bonds. The highest BCUT2D eigenvalue weighted by atomic mass is 35.5. The second kappa shape index (κ2) is 8.80. The summed E-state index contributed by atoms with van der Waals surface area (Å²) in [5, 5.41) is 5.89. The van der Waals surface area contributed by atoms with Gasteiger partial charge in [-0.1, -0.05) is 35.3 Å². The Bertz CT molecular complexity index is 786. The average Bonchev–Trinajstić information content (AvgIpc) is 2.52. The van der Waals surface area contributed by atoms with Crippen LogP contribution in [0.3, 0.4) is 0 Å². The first kappa shape index (κ1) is 19.2. The summed E-state index contributed by atoms with van der Waals surface area (Å²) in [6.45, 7) is 0.0774. The molecule has 2 aromatic carbocycles. The number of hydrogen-bond acceptors (Lipinski definition) is 2. The lowest BCUT2D eigenvalue weighted by Crippen LogP contribution is -3.11. The van der Waals surface area contributed by atoms with E-state index in [1.54, 1.807) is 31.3 Å². The second-order valence-corrected chi connectivity index (χ2v) is 6.33. The number of nitrogens with one attached hydrogen (secondary N) is 3. The molecule has 5 nitrogen and oxygen atoms in total. The highest BCUT2D eigenvalue weighted by Crippen LogP contribution is 2.24. The number of rotatable bonds is 6. The molecule has 0 aliphatic carbocycles. The quantitative estimate of drug-likeness (QED) is 0.714. The zero-order valence-corrected chi connectivity index (χ0v) is 14.9. The smallest absolute Gasteiger partial charge is 0.279 e. The van der Waals surface area contributed by atoms with Crippen molar-refractivity contribution in [1.82, 2.24) is 0 Å². The Morgan fingerprint density at radius 1 is 1.00 bits per heavy atom. The Morgan fingerprint density at radius 3 is 2.28 bits per heavy atom. The largest absolute Gasteiger partial charge is 0.322 e. The Labute approximate surface area is 154 Å². The highest BCUT2D eigenvalue weighted by Gasteiger charge is 2.15. The van der Waals surface area contributed by atoms with Crippen LogP contribution >= 0.6 is 23.2 Å². The summed E-state index contributed by atoms with van der Waals surface area (Å²) in [5.41, 5.74) is 0.628. The predicted octanol–water partition coefficient (Wildman–Crippen LogP) is 2.22.